The number of amides is 1. The van der Waals surface area contributed by atoms with E-state index in [9.17, 15) is 4.79 Å². The maximum absolute atomic E-state index is 11.7. The van der Waals surface area contributed by atoms with Gasteiger partial charge in [0.25, 0.3) is 5.91 Å². The second kappa shape index (κ2) is 5.26. The molecular formula is C13H14N2O. The molecule has 82 valence electrons. The molecular weight excluding hydrogens is 200 g/mol. The number of carbonyl (C=O) groups is 1. The van der Waals surface area contributed by atoms with E-state index in [1.165, 1.54) is 0 Å². The van der Waals surface area contributed by atoms with E-state index in [-0.39, 0.29) is 5.91 Å². The van der Waals surface area contributed by atoms with E-state index in [1.807, 2.05) is 36.4 Å². The molecule has 0 fully saturated rings. The summed E-state index contributed by atoms with van der Waals surface area (Å²) in [6, 6.07) is 9.86. The van der Waals surface area contributed by atoms with Crippen LogP contribution < -0.4 is 5.32 Å². The van der Waals surface area contributed by atoms with Crippen LogP contribution in [0.15, 0.2) is 47.0 Å². The average Bonchev–Trinajstić information content (AvgIpc) is 2.38. The van der Waals surface area contributed by atoms with Crippen LogP contribution in [0.2, 0.25) is 0 Å². The van der Waals surface area contributed by atoms with Gasteiger partial charge in [0.2, 0.25) is 0 Å². The zero-order chi connectivity index (χ0) is 11.2. The minimum Gasteiger partial charge on any atom is -0.348 e. The third-order valence-electron chi connectivity index (χ3n) is 2.41. The largest absolute Gasteiger partial charge is 0.348 e. The van der Waals surface area contributed by atoms with Gasteiger partial charge in [-0.3, -0.25) is 9.79 Å². The highest BCUT2D eigenvalue weighted by Gasteiger charge is 2.08. The molecule has 1 amide bonds. The highest BCUT2D eigenvalue weighted by atomic mass is 16.1. The second-order valence-electron chi connectivity index (χ2n) is 3.65. The van der Waals surface area contributed by atoms with Gasteiger partial charge in [0.15, 0.2) is 0 Å². The first-order valence-corrected chi connectivity index (χ1v) is 5.38. The van der Waals surface area contributed by atoms with Crippen LogP contribution >= 0.6 is 0 Å². The number of rotatable bonds is 3. The molecule has 0 radical (unpaired) electrons. The fourth-order valence-corrected chi connectivity index (χ4v) is 1.54. The van der Waals surface area contributed by atoms with Crippen LogP contribution in [0.1, 0.15) is 12.0 Å². The second-order valence-corrected chi connectivity index (χ2v) is 3.65. The first kappa shape index (κ1) is 10.6. The number of dihydropyridines is 1. The number of hydrogen-bond acceptors (Lipinski definition) is 2. The summed E-state index contributed by atoms with van der Waals surface area (Å²) >= 11 is 0. The lowest BCUT2D eigenvalue weighted by molar-refractivity contribution is -0.117. The summed E-state index contributed by atoms with van der Waals surface area (Å²) in [6.07, 6.45) is 4.42. The lowest BCUT2D eigenvalue weighted by Crippen LogP contribution is -2.25. The van der Waals surface area contributed by atoms with Crippen molar-refractivity contribution in [2.45, 2.75) is 13.0 Å². The standard InChI is InChI=1S/C13H14N2O/c16-13(12-7-4-8-14-10-12)15-9-11-5-2-1-3-6-11/h1-3,5-7,10H,4,8-9H2,(H,15,16). The van der Waals surface area contributed by atoms with Crippen molar-refractivity contribution in [1.29, 1.82) is 0 Å². The van der Waals surface area contributed by atoms with Gasteiger partial charge in [-0.15, -0.1) is 0 Å². The van der Waals surface area contributed by atoms with E-state index < -0.39 is 0 Å². The zero-order valence-corrected chi connectivity index (χ0v) is 9.02. The topological polar surface area (TPSA) is 41.5 Å². The molecule has 1 aromatic carbocycles. The van der Waals surface area contributed by atoms with E-state index in [0.717, 1.165) is 18.5 Å². The Bertz CT molecular complexity index is 421. The summed E-state index contributed by atoms with van der Waals surface area (Å²) in [5.74, 6) is -0.0488. The molecule has 0 spiro atoms. The third-order valence-corrected chi connectivity index (χ3v) is 2.41. The number of benzene rings is 1. The van der Waals surface area contributed by atoms with Crippen LogP contribution in [0.5, 0.6) is 0 Å². The van der Waals surface area contributed by atoms with Gasteiger partial charge < -0.3 is 5.32 Å². The van der Waals surface area contributed by atoms with Gasteiger partial charge in [0.1, 0.15) is 0 Å². The van der Waals surface area contributed by atoms with Crippen molar-refractivity contribution in [1.82, 2.24) is 5.32 Å². The number of hydrogen-bond donors (Lipinski definition) is 1. The lowest BCUT2D eigenvalue weighted by atomic mass is 10.1. The molecule has 1 aliphatic heterocycles. The highest BCUT2D eigenvalue weighted by molar-refractivity contribution is 6.12. The molecule has 1 N–H and O–H groups in total. The predicted molar refractivity (Wildman–Crippen MR) is 64.3 cm³/mol. The molecule has 1 aliphatic rings. The Hall–Kier alpha value is -1.90. The smallest absolute Gasteiger partial charge is 0.252 e. The summed E-state index contributed by atoms with van der Waals surface area (Å²) in [4.78, 5) is 15.8. The van der Waals surface area contributed by atoms with Crippen molar-refractivity contribution in [2.24, 2.45) is 4.99 Å². The Balaban J connectivity index is 1.89. The number of nitrogens with one attached hydrogen (secondary N) is 1. The molecule has 0 bridgehead atoms. The first-order valence-electron chi connectivity index (χ1n) is 5.38. The molecule has 0 aromatic heterocycles. The van der Waals surface area contributed by atoms with Crippen LogP contribution in [0, 0.1) is 0 Å². The average molecular weight is 214 g/mol. The highest BCUT2D eigenvalue weighted by Crippen LogP contribution is 2.02. The number of aliphatic imine (C=N–C) groups is 1. The third kappa shape index (κ3) is 2.79. The van der Waals surface area contributed by atoms with E-state index >= 15 is 0 Å². The van der Waals surface area contributed by atoms with Gasteiger partial charge in [-0.2, -0.15) is 0 Å². The summed E-state index contributed by atoms with van der Waals surface area (Å²) in [7, 11) is 0. The summed E-state index contributed by atoms with van der Waals surface area (Å²) in [5, 5.41) is 2.87. The Kier molecular flexibility index (Phi) is 3.49. The molecule has 2 rings (SSSR count). The predicted octanol–water partition coefficient (Wildman–Crippen LogP) is 1.70. The van der Waals surface area contributed by atoms with Crippen LogP contribution in [0.4, 0.5) is 0 Å². The Morgan fingerprint density at radius 2 is 2.12 bits per heavy atom. The zero-order valence-electron chi connectivity index (χ0n) is 9.02. The van der Waals surface area contributed by atoms with Crippen LogP contribution in [0.3, 0.4) is 0 Å². The van der Waals surface area contributed by atoms with Gasteiger partial charge in [-0.1, -0.05) is 36.4 Å². The van der Waals surface area contributed by atoms with Crippen molar-refractivity contribution in [3.05, 3.63) is 47.5 Å². The van der Waals surface area contributed by atoms with E-state index in [4.69, 9.17) is 0 Å². The van der Waals surface area contributed by atoms with E-state index in [0.29, 0.717) is 12.1 Å². The lowest BCUT2D eigenvalue weighted by Gasteiger charge is -2.07. The SMILES string of the molecule is O=C(NCc1ccccc1)C1=CCCN=C1. The number of carbonyl (C=O) groups excluding carboxylic acids is 1. The molecule has 0 unspecified atom stereocenters. The maximum Gasteiger partial charge on any atom is 0.252 e. The Morgan fingerprint density at radius 3 is 2.81 bits per heavy atom. The number of nitrogens with zero attached hydrogens (tertiary/aromatic N) is 1. The molecule has 1 aromatic rings. The Labute approximate surface area is 94.9 Å². The van der Waals surface area contributed by atoms with Gasteiger partial charge >= 0.3 is 0 Å². The van der Waals surface area contributed by atoms with Crippen molar-refractivity contribution in [2.75, 3.05) is 6.54 Å². The van der Waals surface area contributed by atoms with Crippen LogP contribution in [0.25, 0.3) is 0 Å². The fraction of sp³-hybridized carbons (Fsp3) is 0.231. The summed E-state index contributed by atoms with van der Waals surface area (Å²) in [6.45, 7) is 1.35. The molecule has 0 aliphatic carbocycles. The van der Waals surface area contributed by atoms with Crippen molar-refractivity contribution in [3.8, 4) is 0 Å². The molecule has 0 saturated carbocycles. The van der Waals surface area contributed by atoms with Gasteiger partial charge in [0.05, 0.1) is 5.57 Å². The monoisotopic (exact) mass is 214 g/mol. The minimum absolute atomic E-state index is 0.0488. The fourth-order valence-electron chi connectivity index (χ4n) is 1.54. The normalized spacial score (nSPS) is 14.4. The van der Waals surface area contributed by atoms with Crippen molar-refractivity contribution >= 4 is 12.1 Å². The molecule has 0 saturated heterocycles. The summed E-state index contributed by atoms with van der Waals surface area (Å²) < 4.78 is 0. The van der Waals surface area contributed by atoms with E-state index in [1.54, 1.807) is 6.21 Å². The maximum atomic E-state index is 11.7. The quantitative estimate of drug-likeness (QED) is 0.817. The molecule has 3 nitrogen and oxygen atoms in total. The van der Waals surface area contributed by atoms with Gasteiger partial charge in [0, 0.05) is 19.3 Å². The minimum atomic E-state index is -0.0488. The van der Waals surface area contributed by atoms with Crippen molar-refractivity contribution < 1.29 is 4.79 Å². The van der Waals surface area contributed by atoms with Crippen LogP contribution in [-0.2, 0) is 11.3 Å². The van der Waals surface area contributed by atoms with E-state index in [2.05, 4.69) is 10.3 Å². The van der Waals surface area contributed by atoms with Crippen molar-refractivity contribution in [3.63, 3.8) is 0 Å². The molecule has 1 heterocycles. The first-order chi connectivity index (χ1) is 7.86. The molecule has 3 heteroatoms. The van der Waals surface area contributed by atoms with Gasteiger partial charge in [-0.25, -0.2) is 0 Å². The molecule has 0 atom stereocenters. The summed E-state index contributed by atoms with van der Waals surface area (Å²) in [5.41, 5.74) is 1.77. The van der Waals surface area contributed by atoms with Gasteiger partial charge in [-0.05, 0) is 12.0 Å². The Morgan fingerprint density at radius 1 is 1.31 bits per heavy atom. The van der Waals surface area contributed by atoms with Crippen LogP contribution in [-0.4, -0.2) is 18.7 Å². The molecule has 16 heavy (non-hydrogen) atoms.